The second-order valence-corrected chi connectivity index (χ2v) is 17.5. The summed E-state index contributed by atoms with van der Waals surface area (Å²) >= 11 is 0. The number of esters is 1. The van der Waals surface area contributed by atoms with Crippen molar-refractivity contribution in [1.82, 2.24) is 0 Å². The molecule has 0 saturated carbocycles. The molecule has 0 aliphatic carbocycles. The van der Waals surface area contributed by atoms with E-state index < -0.39 is 13.9 Å². The molecule has 0 radical (unpaired) electrons. The van der Waals surface area contributed by atoms with E-state index in [0.717, 1.165) is 44.9 Å². The molecule has 53 heavy (non-hydrogen) atoms. The van der Waals surface area contributed by atoms with Gasteiger partial charge in [0.2, 0.25) is 0 Å². The van der Waals surface area contributed by atoms with Crippen molar-refractivity contribution in [2.75, 3.05) is 54.1 Å². The summed E-state index contributed by atoms with van der Waals surface area (Å²) in [6.07, 6.45) is 42.0. The van der Waals surface area contributed by atoms with Gasteiger partial charge in [-0.15, -0.1) is 0 Å². The van der Waals surface area contributed by atoms with Crippen molar-refractivity contribution < 1.29 is 37.3 Å². The van der Waals surface area contributed by atoms with Crippen molar-refractivity contribution in [3.8, 4) is 0 Å². The van der Waals surface area contributed by atoms with Crippen LogP contribution in [-0.4, -0.2) is 75.6 Å². The zero-order valence-electron chi connectivity index (χ0n) is 35.5. The van der Waals surface area contributed by atoms with Gasteiger partial charge >= 0.3 is 13.8 Å². The lowest BCUT2D eigenvalue weighted by Gasteiger charge is -2.24. The maximum Gasteiger partial charge on any atom is 0.472 e. The number of quaternary nitrogens is 1. The Morgan fingerprint density at radius 2 is 1.04 bits per heavy atom. The summed E-state index contributed by atoms with van der Waals surface area (Å²) in [5, 5.41) is 0. The van der Waals surface area contributed by atoms with Crippen LogP contribution in [0.3, 0.4) is 0 Å². The summed E-state index contributed by atoms with van der Waals surface area (Å²) in [4.78, 5) is 22.9. The first kappa shape index (κ1) is 52.0. The van der Waals surface area contributed by atoms with Gasteiger partial charge in [-0.3, -0.25) is 13.8 Å². The van der Waals surface area contributed by atoms with E-state index in [-0.39, 0.29) is 25.8 Å². The standard InChI is InChI=1S/C44H86NO7P/c1-6-8-10-12-14-16-18-20-22-24-26-28-30-32-34-36-39-49-41-43(42-51-53(47,48)50-40-38-45(3,4)5)52-44(46)37-35-33-31-29-27-25-23-21-19-17-15-13-11-9-7-2/h14,16,20,22,43H,6-13,15,17-19,21,23-42H2,1-5H3/p+1/b16-14-,22-20-. The predicted molar refractivity (Wildman–Crippen MR) is 224 cm³/mol. The van der Waals surface area contributed by atoms with Crippen LogP contribution < -0.4 is 0 Å². The number of phosphoric ester groups is 1. The number of hydrogen-bond donors (Lipinski definition) is 1. The fraction of sp³-hybridized carbons (Fsp3) is 0.886. The first-order valence-electron chi connectivity index (χ1n) is 22.1. The van der Waals surface area contributed by atoms with E-state index in [9.17, 15) is 14.3 Å². The molecule has 9 heteroatoms. The SMILES string of the molecule is CCCCC/C=C\C/C=C\CCCCCCCCOCC(COP(=O)(O)OCC[N+](C)(C)C)OC(=O)CCCCCCCCCCCCCCCCC. The molecule has 0 amide bonds. The van der Waals surface area contributed by atoms with E-state index >= 15 is 0 Å². The number of allylic oxidation sites excluding steroid dienone is 4. The van der Waals surface area contributed by atoms with Gasteiger partial charge in [0.15, 0.2) is 0 Å². The van der Waals surface area contributed by atoms with Crippen LogP contribution >= 0.6 is 7.82 Å². The van der Waals surface area contributed by atoms with Gasteiger partial charge in [-0.1, -0.05) is 167 Å². The van der Waals surface area contributed by atoms with Crippen LogP contribution in [0.15, 0.2) is 24.3 Å². The smallest absolute Gasteiger partial charge is 0.457 e. The van der Waals surface area contributed by atoms with Crippen LogP contribution in [0, 0.1) is 0 Å². The summed E-state index contributed by atoms with van der Waals surface area (Å²) in [5.74, 6) is -0.315. The summed E-state index contributed by atoms with van der Waals surface area (Å²) < 4.78 is 35.0. The number of likely N-dealkylation sites (N-methyl/N-ethyl adjacent to an activating group) is 1. The molecule has 0 aromatic heterocycles. The summed E-state index contributed by atoms with van der Waals surface area (Å²) in [5.41, 5.74) is 0. The van der Waals surface area contributed by atoms with Gasteiger partial charge in [-0.2, -0.15) is 0 Å². The second kappa shape index (κ2) is 37.9. The number of ether oxygens (including phenoxy) is 2. The Morgan fingerprint density at radius 1 is 0.585 bits per heavy atom. The summed E-state index contributed by atoms with van der Waals surface area (Å²) in [6, 6.07) is 0. The van der Waals surface area contributed by atoms with Gasteiger partial charge < -0.3 is 18.9 Å². The predicted octanol–water partition coefficient (Wildman–Crippen LogP) is 12.8. The first-order chi connectivity index (χ1) is 25.6. The number of rotatable bonds is 41. The molecule has 0 aliphatic rings. The number of unbranched alkanes of at least 4 members (excludes halogenated alkanes) is 23. The highest BCUT2D eigenvalue weighted by Crippen LogP contribution is 2.43. The molecule has 0 saturated heterocycles. The molecule has 0 aliphatic heterocycles. The number of carbonyl (C=O) groups excluding carboxylic acids is 1. The Kier molecular flexibility index (Phi) is 37.2. The number of hydrogen-bond acceptors (Lipinski definition) is 6. The number of carbonyl (C=O) groups is 1. The number of nitrogens with zero attached hydrogens (tertiary/aromatic N) is 1. The van der Waals surface area contributed by atoms with Crippen molar-refractivity contribution in [3.63, 3.8) is 0 Å². The van der Waals surface area contributed by atoms with Crippen molar-refractivity contribution in [1.29, 1.82) is 0 Å². The molecule has 314 valence electrons. The average molecular weight is 773 g/mol. The fourth-order valence-corrected chi connectivity index (χ4v) is 6.79. The van der Waals surface area contributed by atoms with E-state index in [0.29, 0.717) is 24.1 Å². The molecule has 0 fully saturated rings. The highest BCUT2D eigenvalue weighted by atomic mass is 31.2. The average Bonchev–Trinajstić information content (AvgIpc) is 3.11. The van der Waals surface area contributed by atoms with Gasteiger partial charge in [0.25, 0.3) is 0 Å². The van der Waals surface area contributed by atoms with E-state index in [2.05, 4.69) is 38.2 Å². The molecule has 0 aromatic rings. The van der Waals surface area contributed by atoms with Crippen molar-refractivity contribution in [2.24, 2.45) is 0 Å². The molecule has 8 nitrogen and oxygen atoms in total. The van der Waals surface area contributed by atoms with Crippen LogP contribution in [0.2, 0.25) is 0 Å². The molecule has 0 aromatic carbocycles. The third-order valence-electron chi connectivity index (χ3n) is 9.52. The maximum absolute atomic E-state index is 12.7. The molecule has 2 atom stereocenters. The van der Waals surface area contributed by atoms with Crippen molar-refractivity contribution in [2.45, 2.75) is 200 Å². The normalized spacial score (nSPS) is 14.0. The van der Waals surface area contributed by atoms with Crippen LogP contribution in [-0.2, 0) is 27.9 Å². The van der Waals surface area contributed by atoms with Crippen LogP contribution in [0.4, 0.5) is 0 Å². The van der Waals surface area contributed by atoms with E-state index in [4.69, 9.17) is 18.5 Å². The monoisotopic (exact) mass is 773 g/mol. The molecule has 0 bridgehead atoms. The molecular weight excluding hydrogens is 685 g/mol. The lowest BCUT2D eigenvalue weighted by atomic mass is 10.0. The molecule has 0 rings (SSSR count). The van der Waals surface area contributed by atoms with E-state index in [1.807, 2.05) is 21.1 Å². The maximum atomic E-state index is 12.7. The Hall–Kier alpha value is -1.02. The highest BCUT2D eigenvalue weighted by Gasteiger charge is 2.26. The molecule has 2 unspecified atom stereocenters. The molecule has 0 heterocycles. The third kappa shape index (κ3) is 42.0. The lowest BCUT2D eigenvalue weighted by molar-refractivity contribution is -0.870. The summed E-state index contributed by atoms with van der Waals surface area (Å²) in [6.45, 7) is 5.60. The quantitative estimate of drug-likeness (QED) is 0.0217. The van der Waals surface area contributed by atoms with E-state index in [1.54, 1.807) is 0 Å². The minimum atomic E-state index is -4.27. The Morgan fingerprint density at radius 3 is 1.57 bits per heavy atom. The van der Waals surface area contributed by atoms with Crippen LogP contribution in [0.1, 0.15) is 194 Å². The van der Waals surface area contributed by atoms with Gasteiger partial charge in [0, 0.05) is 13.0 Å². The lowest BCUT2D eigenvalue weighted by Crippen LogP contribution is -2.37. The van der Waals surface area contributed by atoms with E-state index in [1.165, 1.54) is 128 Å². The zero-order valence-corrected chi connectivity index (χ0v) is 36.4. The van der Waals surface area contributed by atoms with Crippen LogP contribution in [0.25, 0.3) is 0 Å². The molecule has 1 N–H and O–H groups in total. The topological polar surface area (TPSA) is 91.3 Å². The minimum absolute atomic E-state index is 0.0883. The zero-order chi connectivity index (χ0) is 39.1. The third-order valence-corrected chi connectivity index (χ3v) is 10.5. The summed E-state index contributed by atoms with van der Waals surface area (Å²) in [7, 11) is 1.67. The Labute approximate surface area is 328 Å². The van der Waals surface area contributed by atoms with Gasteiger partial charge in [0.1, 0.15) is 19.3 Å². The highest BCUT2D eigenvalue weighted by molar-refractivity contribution is 7.47. The van der Waals surface area contributed by atoms with Crippen molar-refractivity contribution >= 4 is 13.8 Å². The number of phosphoric acid groups is 1. The van der Waals surface area contributed by atoms with Crippen molar-refractivity contribution in [3.05, 3.63) is 24.3 Å². The largest absolute Gasteiger partial charge is 0.472 e. The second-order valence-electron chi connectivity index (χ2n) is 16.1. The molecule has 0 spiro atoms. The van der Waals surface area contributed by atoms with Gasteiger partial charge in [-0.25, -0.2) is 4.57 Å². The van der Waals surface area contributed by atoms with Gasteiger partial charge in [-0.05, 0) is 44.9 Å². The molecular formula is C44H87NO7P+. The van der Waals surface area contributed by atoms with Crippen LogP contribution in [0.5, 0.6) is 0 Å². The Bertz CT molecular complexity index is 905. The first-order valence-corrected chi connectivity index (χ1v) is 23.6. The fourth-order valence-electron chi connectivity index (χ4n) is 6.05. The minimum Gasteiger partial charge on any atom is -0.457 e. The van der Waals surface area contributed by atoms with Gasteiger partial charge in [0.05, 0.1) is 34.4 Å². The Balaban J connectivity index is 4.23.